The van der Waals surface area contributed by atoms with Gasteiger partial charge >= 0.3 is 6.18 Å². The monoisotopic (exact) mass is 553 g/mol. The van der Waals surface area contributed by atoms with Crippen LogP contribution in [0.3, 0.4) is 0 Å². The average molecular weight is 554 g/mol. The zero-order valence-corrected chi connectivity index (χ0v) is 22.5. The van der Waals surface area contributed by atoms with Crippen LogP contribution in [0, 0.1) is 5.92 Å². The fraction of sp³-hybridized carbons (Fsp3) is 0.500. The van der Waals surface area contributed by atoms with E-state index in [9.17, 15) is 22.8 Å². The molecular formula is C30H34F3N5O2. The lowest BCUT2D eigenvalue weighted by molar-refractivity contribution is -0.148. The molecule has 0 saturated carbocycles. The number of nitrogens with one attached hydrogen (secondary N) is 1. The van der Waals surface area contributed by atoms with Crippen molar-refractivity contribution in [3.05, 3.63) is 66.0 Å². The van der Waals surface area contributed by atoms with Gasteiger partial charge in [0.1, 0.15) is 0 Å². The molecule has 0 aliphatic carbocycles. The highest BCUT2D eigenvalue weighted by Gasteiger charge is 2.45. The van der Waals surface area contributed by atoms with Crippen LogP contribution in [0.15, 0.2) is 54.6 Å². The van der Waals surface area contributed by atoms with Gasteiger partial charge in [0.25, 0.3) is 0 Å². The third-order valence-electron chi connectivity index (χ3n) is 8.97. The average Bonchev–Trinajstić information content (AvgIpc) is 3.40. The maximum Gasteiger partial charge on any atom is 0.449 e. The van der Waals surface area contributed by atoms with Gasteiger partial charge in [-0.15, -0.1) is 0 Å². The molecular weight excluding hydrogens is 519 g/mol. The Morgan fingerprint density at radius 1 is 0.975 bits per heavy atom. The number of hydrogen-bond donors (Lipinski definition) is 1. The second kappa shape index (κ2) is 10.5. The van der Waals surface area contributed by atoms with Crippen molar-refractivity contribution in [1.29, 1.82) is 0 Å². The summed E-state index contributed by atoms with van der Waals surface area (Å²) in [6.07, 6.45) is -0.603. The summed E-state index contributed by atoms with van der Waals surface area (Å²) >= 11 is 0. The second-order valence-corrected chi connectivity index (χ2v) is 11.4. The first-order valence-corrected chi connectivity index (χ1v) is 14.1. The Labute approximate surface area is 231 Å². The van der Waals surface area contributed by atoms with Crippen molar-refractivity contribution in [3.8, 4) is 0 Å². The number of fused-ring (bicyclic) bond motifs is 3. The predicted molar refractivity (Wildman–Crippen MR) is 144 cm³/mol. The number of benzene rings is 2. The molecule has 3 fully saturated rings. The predicted octanol–water partition coefficient (Wildman–Crippen LogP) is 4.95. The number of alkyl halides is 3. The van der Waals surface area contributed by atoms with Crippen LogP contribution in [0.2, 0.25) is 0 Å². The standard InChI is InChI=1S/C30H34F3N5O2/c1-19(39)36-17-21(18-36)28(40)34-25(20-7-3-2-4-8-20)13-14-37-22-11-12-23(37)16-24(15-22)38-27-10-6-5-9-26(27)35-29(38)30(31,32)33/h2-10,21-25H,11-18H2,1H3,(H,34,40). The van der Waals surface area contributed by atoms with Crippen LogP contribution in [0.4, 0.5) is 13.2 Å². The topological polar surface area (TPSA) is 70.5 Å². The van der Waals surface area contributed by atoms with Gasteiger partial charge in [0, 0.05) is 44.7 Å². The summed E-state index contributed by atoms with van der Waals surface area (Å²) in [7, 11) is 0. The quantitative estimate of drug-likeness (QED) is 0.450. The SMILES string of the molecule is CC(=O)N1CC(C(=O)NC(CCN2C3CCC2CC(n2c(C(F)(F)F)nc4ccccc42)C3)c2ccccc2)C1. The molecule has 3 aliphatic rings. The zero-order valence-electron chi connectivity index (χ0n) is 22.5. The number of aromatic nitrogens is 2. The van der Waals surface area contributed by atoms with Crippen molar-refractivity contribution in [2.45, 2.75) is 69.4 Å². The highest BCUT2D eigenvalue weighted by atomic mass is 19.4. The molecule has 0 spiro atoms. The smallest absolute Gasteiger partial charge is 0.349 e. The van der Waals surface area contributed by atoms with E-state index in [1.165, 1.54) is 11.5 Å². The summed E-state index contributed by atoms with van der Waals surface area (Å²) in [6.45, 7) is 3.16. The number of carbonyl (C=O) groups excluding carboxylic acids is 2. The number of halogens is 3. The van der Waals surface area contributed by atoms with E-state index in [1.54, 1.807) is 29.2 Å². The lowest BCUT2D eigenvalue weighted by Gasteiger charge is -2.41. The van der Waals surface area contributed by atoms with Gasteiger partial charge in [-0.05, 0) is 49.8 Å². The van der Waals surface area contributed by atoms with Gasteiger partial charge in [0.2, 0.25) is 17.6 Å². The molecule has 4 heterocycles. The highest BCUT2D eigenvalue weighted by molar-refractivity contribution is 5.84. The number of likely N-dealkylation sites (tertiary alicyclic amines) is 1. The molecule has 3 unspecified atom stereocenters. The van der Waals surface area contributed by atoms with Gasteiger partial charge in [-0.1, -0.05) is 42.5 Å². The van der Waals surface area contributed by atoms with Crippen LogP contribution >= 0.6 is 0 Å². The first kappa shape index (κ1) is 26.8. The summed E-state index contributed by atoms with van der Waals surface area (Å²) in [4.78, 5) is 32.6. The van der Waals surface area contributed by atoms with Crippen molar-refractivity contribution in [2.75, 3.05) is 19.6 Å². The molecule has 2 aromatic carbocycles. The van der Waals surface area contributed by atoms with E-state index >= 15 is 0 Å². The Bertz CT molecular complexity index is 1370. The van der Waals surface area contributed by atoms with Crippen molar-refractivity contribution < 1.29 is 22.8 Å². The van der Waals surface area contributed by atoms with E-state index in [0.717, 1.165) is 24.9 Å². The first-order valence-electron chi connectivity index (χ1n) is 14.1. The summed E-state index contributed by atoms with van der Waals surface area (Å²) < 4.78 is 43.4. The number of rotatable bonds is 7. The fourth-order valence-corrected chi connectivity index (χ4v) is 6.91. The summed E-state index contributed by atoms with van der Waals surface area (Å²) in [5.41, 5.74) is 1.95. The van der Waals surface area contributed by atoms with Crippen LogP contribution in [0.5, 0.6) is 0 Å². The van der Waals surface area contributed by atoms with Crippen LogP contribution in [0.1, 0.15) is 62.5 Å². The molecule has 1 N–H and O–H groups in total. The molecule has 0 radical (unpaired) electrons. The number of para-hydroxylation sites is 2. The largest absolute Gasteiger partial charge is 0.449 e. The van der Waals surface area contributed by atoms with Gasteiger partial charge in [-0.25, -0.2) is 4.98 Å². The summed E-state index contributed by atoms with van der Waals surface area (Å²) in [5, 5.41) is 3.22. The minimum atomic E-state index is -4.52. The number of piperidine rings is 1. The Balaban J connectivity index is 1.16. The van der Waals surface area contributed by atoms with E-state index < -0.39 is 12.0 Å². The minimum Gasteiger partial charge on any atom is -0.349 e. The molecule has 3 aliphatic heterocycles. The van der Waals surface area contributed by atoms with E-state index in [2.05, 4.69) is 15.2 Å². The van der Waals surface area contributed by atoms with Gasteiger partial charge in [-0.2, -0.15) is 13.2 Å². The Morgan fingerprint density at radius 3 is 2.27 bits per heavy atom. The summed E-state index contributed by atoms with van der Waals surface area (Å²) in [6, 6.07) is 16.7. The van der Waals surface area contributed by atoms with Crippen molar-refractivity contribution >= 4 is 22.8 Å². The lowest BCUT2D eigenvalue weighted by Crippen LogP contribution is -2.55. The third-order valence-corrected chi connectivity index (χ3v) is 8.97. The fourth-order valence-electron chi connectivity index (χ4n) is 6.91. The minimum absolute atomic E-state index is 0.0198. The van der Waals surface area contributed by atoms with Gasteiger partial charge in [-0.3, -0.25) is 14.5 Å². The van der Waals surface area contributed by atoms with Crippen LogP contribution in [-0.4, -0.2) is 62.9 Å². The zero-order chi connectivity index (χ0) is 28.0. The van der Waals surface area contributed by atoms with Crippen molar-refractivity contribution in [1.82, 2.24) is 24.7 Å². The molecule has 10 heteroatoms. The Morgan fingerprint density at radius 2 is 1.62 bits per heavy atom. The second-order valence-electron chi connectivity index (χ2n) is 11.4. The molecule has 3 atom stereocenters. The maximum absolute atomic E-state index is 14.0. The number of imidazole rings is 1. The van der Waals surface area contributed by atoms with Crippen LogP contribution < -0.4 is 5.32 Å². The van der Waals surface area contributed by atoms with Gasteiger partial charge in [0.05, 0.1) is 23.0 Å². The normalized spacial score (nSPS) is 24.2. The number of carbonyl (C=O) groups is 2. The Kier molecular flexibility index (Phi) is 7.06. The maximum atomic E-state index is 14.0. The molecule has 212 valence electrons. The Hall–Kier alpha value is -3.40. The van der Waals surface area contributed by atoms with Crippen LogP contribution in [-0.2, 0) is 15.8 Å². The van der Waals surface area contributed by atoms with Crippen LogP contribution in [0.25, 0.3) is 11.0 Å². The first-order chi connectivity index (χ1) is 19.2. The number of nitrogens with zero attached hydrogens (tertiary/aromatic N) is 4. The van der Waals surface area contributed by atoms with Crippen molar-refractivity contribution in [2.24, 2.45) is 5.92 Å². The molecule has 7 nitrogen and oxygen atoms in total. The third kappa shape index (κ3) is 5.09. The highest BCUT2D eigenvalue weighted by Crippen LogP contribution is 2.44. The molecule has 2 bridgehead atoms. The number of hydrogen-bond acceptors (Lipinski definition) is 4. The summed E-state index contributed by atoms with van der Waals surface area (Å²) in [5.74, 6) is -1.07. The van der Waals surface area contributed by atoms with Gasteiger partial charge < -0.3 is 14.8 Å². The molecule has 40 heavy (non-hydrogen) atoms. The molecule has 3 saturated heterocycles. The van der Waals surface area contributed by atoms with E-state index in [4.69, 9.17) is 0 Å². The van der Waals surface area contributed by atoms with E-state index in [0.29, 0.717) is 43.4 Å². The van der Waals surface area contributed by atoms with E-state index in [-0.39, 0.29) is 41.9 Å². The van der Waals surface area contributed by atoms with Crippen molar-refractivity contribution in [3.63, 3.8) is 0 Å². The van der Waals surface area contributed by atoms with E-state index in [1.807, 2.05) is 30.3 Å². The molecule has 1 aromatic heterocycles. The molecule has 6 rings (SSSR count). The number of amides is 2. The lowest BCUT2D eigenvalue weighted by atomic mass is 9.94. The molecule has 3 aromatic rings. The molecule has 2 amide bonds. The van der Waals surface area contributed by atoms with Gasteiger partial charge in [0.15, 0.2) is 0 Å².